The Morgan fingerprint density at radius 3 is 1.68 bits per heavy atom. The average molecular weight is 402 g/mol. The zero-order valence-electron chi connectivity index (χ0n) is 17.1. The Labute approximate surface area is 163 Å². The summed E-state index contributed by atoms with van der Waals surface area (Å²) in [6.45, 7) is 7.32. The van der Waals surface area contributed by atoms with Crippen LogP contribution in [-0.2, 0) is 23.9 Å². The number of Topliss-reactive ketones (excluding diaryl/α,β-unsaturated/α-hetero) is 4. The molecule has 1 aliphatic heterocycles. The average Bonchev–Trinajstić information content (AvgIpc) is 2.56. The molecule has 9 nitrogen and oxygen atoms in total. The summed E-state index contributed by atoms with van der Waals surface area (Å²) in [4.78, 5) is 49.7. The predicted molar refractivity (Wildman–Crippen MR) is 96.0 cm³/mol. The molecule has 160 valence electrons. The van der Waals surface area contributed by atoms with Crippen LogP contribution >= 0.6 is 0 Å². The van der Waals surface area contributed by atoms with E-state index < -0.39 is 58.2 Å². The molecule has 4 N–H and O–H groups in total. The van der Waals surface area contributed by atoms with Crippen molar-refractivity contribution in [1.82, 2.24) is 0 Å². The van der Waals surface area contributed by atoms with Gasteiger partial charge in [0.25, 0.3) is 0 Å². The predicted octanol–water partition coefficient (Wildman–Crippen LogP) is -0.695. The minimum Gasteiger partial charge on any atom is -0.386 e. The van der Waals surface area contributed by atoms with E-state index in [4.69, 9.17) is 4.74 Å². The molecule has 0 aromatic rings. The Morgan fingerprint density at radius 2 is 1.36 bits per heavy atom. The second-order valence-electron chi connectivity index (χ2n) is 8.00. The van der Waals surface area contributed by atoms with Crippen molar-refractivity contribution in [3.05, 3.63) is 0 Å². The highest BCUT2D eigenvalue weighted by atomic mass is 16.7. The largest absolute Gasteiger partial charge is 0.386 e. The van der Waals surface area contributed by atoms with Crippen molar-refractivity contribution in [3.8, 4) is 0 Å². The van der Waals surface area contributed by atoms with Gasteiger partial charge in [0.1, 0.15) is 6.10 Å². The minimum atomic E-state index is -3.10. The van der Waals surface area contributed by atoms with E-state index in [2.05, 4.69) is 0 Å². The van der Waals surface area contributed by atoms with Gasteiger partial charge in [0, 0.05) is 6.92 Å². The molecule has 0 amide bonds. The van der Waals surface area contributed by atoms with E-state index in [9.17, 15) is 39.6 Å². The highest BCUT2D eigenvalue weighted by Crippen LogP contribution is 2.50. The van der Waals surface area contributed by atoms with Crippen LogP contribution < -0.4 is 0 Å². The number of ketones is 4. The van der Waals surface area contributed by atoms with Crippen LogP contribution in [0, 0.1) is 11.8 Å². The molecule has 0 aromatic carbocycles. The molecule has 0 radical (unpaired) electrons. The summed E-state index contributed by atoms with van der Waals surface area (Å²) in [6, 6.07) is 0. The van der Waals surface area contributed by atoms with Crippen LogP contribution in [0.15, 0.2) is 0 Å². The molecule has 1 fully saturated rings. The molecular weight excluding hydrogens is 372 g/mol. The summed E-state index contributed by atoms with van der Waals surface area (Å²) in [7, 11) is 0. The summed E-state index contributed by atoms with van der Waals surface area (Å²) in [5, 5.41) is 43.2. The SMILES string of the molecule is CC(=O)[C@]1(O)O[C@H](C(=O)C(C)O)[C@](O)(C(C)=O)[C@@](O)(C(C)=O)[C@@H]1CCC(C)C. The molecule has 1 heterocycles. The molecule has 9 heteroatoms. The first kappa shape index (κ1) is 24.5. The van der Waals surface area contributed by atoms with Crippen LogP contribution in [0.1, 0.15) is 54.4 Å². The van der Waals surface area contributed by atoms with Crippen molar-refractivity contribution in [2.45, 2.75) is 83.6 Å². The molecule has 28 heavy (non-hydrogen) atoms. The topological polar surface area (TPSA) is 158 Å². The van der Waals surface area contributed by atoms with E-state index in [1.165, 1.54) is 0 Å². The van der Waals surface area contributed by atoms with Gasteiger partial charge < -0.3 is 25.2 Å². The molecule has 6 atom stereocenters. The monoisotopic (exact) mass is 402 g/mol. The first-order valence-electron chi connectivity index (χ1n) is 9.18. The number of carbonyl (C=O) groups excluding carboxylic acids is 4. The van der Waals surface area contributed by atoms with Gasteiger partial charge in [-0.25, -0.2) is 0 Å². The van der Waals surface area contributed by atoms with Gasteiger partial charge in [-0.3, -0.25) is 19.2 Å². The lowest BCUT2D eigenvalue weighted by molar-refractivity contribution is -0.345. The minimum absolute atomic E-state index is 0.0228. The second-order valence-corrected chi connectivity index (χ2v) is 8.00. The van der Waals surface area contributed by atoms with Gasteiger partial charge in [0.15, 0.2) is 40.4 Å². The maximum atomic E-state index is 12.5. The summed E-state index contributed by atoms with van der Waals surface area (Å²) < 4.78 is 5.24. The first-order chi connectivity index (χ1) is 12.6. The number of rotatable bonds is 8. The molecule has 0 aliphatic carbocycles. The van der Waals surface area contributed by atoms with E-state index in [0.717, 1.165) is 27.7 Å². The zero-order chi connectivity index (χ0) is 22.2. The van der Waals surface area contributed by atoms with E-state index >= 15 is 0 Å². The van der Waals surface area contributed by atoms with Crippen LogP contribution in [0.3, 0.4) is 0 Å². The molecule has 0 aromatic heterocycles. The quantitative estimate of drug-likeness (QED) is 0.412. The molecule has 0 bridgehead atoms. The third-order valence-electron chi connectivity index (χ3n) is 5.52. The molecule has 1 rings (SSSR count). The summed E-state index contributed by atoms with van der Waals surface area (Å²) in [6.07, 6.45) is -3.95. The van der Waals surface area contributed by atoms with Gasteiger partial charge in [0.2, 0.25) is 5.79 Å². The number of aliphatic hydroxyl groups excluding tert-OH is 1. The van der Waals surface area contributed by atoms with Gasteiger partial charge in [-0.1, -0.05) is 20.3 Å². The summed E-state index contributed by atoms with van der Waals surface area (Å²) in [5.41, 5.74) is -6.10. The lowest BCUT2D eigenvalue weighted by atomic mass is 9.59. The lowest BCUT2D eigenvalue weighted by Gasteiger charge is -2.57. The highest BCUT2D eigenvalue weighted by Gasteiger charge is 2.75. The van der Waals surface area contributed by atoms with Gasteiger partial charge in [-0.15, -0.1) is 0 Å². The third-order valence-corrected chi connectivity index (χ3v) is 5.52. The molecule has 1 aliphatic rings. The van der Waals surface area contributed by atoms with Gasteiger partial charge in [-0.05, 0) is 33.1 Å². The van der Waals surface area contributed by atoms with Crippen molar-refractivity contribution in [2.24, 2.45) is 11.8 Å². The second kappa shape index (κ2) is 8.08. The number of ether oxygens (including phenoxy) is 1. The van der Waals surface area contributed by atoms with E-state index in [1.807, 2.05) is 13.8 Å². The van der Waals surface area contributed by atoms with Crippen LogP contribution in [-0.4, -0.2) is 72.8 Å². The number of aliphatic hydroxyl groups is 4. The smallest absolute Gasteiger partial charge is 0.233 e. The molecular formula is C19H30O9. The molecule has 1 saturated heterocycles. The number of hydrogen-bond acceptors (Lipinski definition) is 9. The Hall–Kier alpha value is -1.52. The Kier molecular flexibility index (Phi) is 7.07. The fraction of sp³-hybridized carbons (Fsp3) is 0.789. The van der Waals surface area contributed by atoms with Crippen molar-refractivity contribution in [1.29, 1.82) is 0 Å². The maximum Gasteiger partial charge on any atom is 0.233 e. The first-order valence-corrected chi connectivity index (χ1v) is 9.18. The normalized spacial score (nSPS) is 36.8. The standard InChI is InChI=1S/C19H30O9/c1-9(2)7-8-14-17(25,11(4)21)18(26,12(5)22)16(15(24)10(3)20)28-19(14,27)13(6)23/h9-10,14,16,20,25-27H,7-8H2,1-6H3/t10?,14-,16+,17+,18+,19-/m0/s1. The fourth-order valence-electron chi connectivity index (χ4n) is 3.78. The van der Waals surface area contributed by atoms with Gasteiger partial charge >= 0.3 is 0 Å². The molecule has 0 spiro atoms. The van der Waals surface area contributed by atoms with Crippen LogP contribution in [0.25, 0.3) is 0 Å². The van der Waals surface area contributed by atoms with E-state index in [-0.39, 0.29) is 12.3 Å². The van der Waals surface area contributed by atoms with Crippen molar-refractivity contribution in [3.63, 3.8) is 0 Å². The van der Waals surface area contributed by atoms with Crippen LogP contribution in [0.4, 0.5) is 0 Å². The van der Waals surface area contributed by atoms with E-state index in [0.29, 0.717) is 6.42 Å². The third kappa shape index (κ3) is 3.57. The Balaban J connectivity index is 3.86. The highest BCUT2D eigenvalue weighted by molar-refractivity contribution is 6.05. The fourth-order valence-corrected chi connectivity index (χ4v) is 3.78. The van der Waals surface area contributed by atoms with Crippen LogP contribution in [0.2, 0.25) is 0 Å². The zero-order valence-corrected chi connectivity index (χ0v) is 17.1. The lowest BCUT2D eigenvalue weighted by Crippen LogP contribution is -2.82. The van der Waals surface area contributed by atoms with Crippen molar-refractivity contribution >= 4 is 23.1 Å². The van der Waals surface area contributed by atoms with Gasteiger partial charge in [0.05, 0.1) is 5.92 Å². The molecule has 0 saturated carbocycles. The van der Waals surface area contributed by atoms with Crippen LogP contribution in [0.5, 0.6) is 0 Å². The van der Waals surface area contributed by atoms with Crippen molar-refractivity contribution < 1.29 is 44.3 Å². The summed E-state index contributed by atoms with van der Waals surface area (Å²) >= 11 is 0. The van der Waals surface area contributed by atoms with E-state index in [1.54, 1.807) is 0 Å². The number of hydrogen-bond donors (Lipinski definition) is 4. The molecule has 1 unspecified atom stereocenters. The van der Waals surface area contributed by atoms with Crippen molar-refractivity contribution in [2.75, 3.05) is 0 Å². The number of carbonyl (C=O) groups is 4. The van der Waals surface area contributed by atoms with Gasteiger partial charge in [-0.2, -0.15) is 0 Å². The Morgan fingerprint density at radius 1 is 0.893 bits per heavy atom. The Bertz CT molecular complexity index is 670. The summed E-state index contributed by atoms with van der Waals surface area (Å²) in [5.74, 6) is -9.10. The maximum absolute atomic E-state index is 12.5.